The minimum absolute atomic E-state index is 0.192. The van der Waals surface area contributed by atoms with Crippen LogP contribution in [0.15, 0.2) is 30.3 Å². The molecule has 1 saturated heterocycles. The number of ether oxygens (including phenoxy) is 1. The van der Waals surface area contributed by atoms with Gasteiger partial charge in [0.05, 0.1) is 0 Å². The Balaban J connectivity index is 1.99. The Hall–Kier alpha value is -0.900. The highest BCUT2D eigenvalue weighted by molar-refractivity contribution is 5.24. The van der Waals surface area contributed by atoms with Crippen molar-refractivity contribution < 1.29 is 4.74 Å². The fraction of sp³-hybridized carbons (Fsp3) is 0.538. The Morgan fingerprint density at radius 3 is 2.81 bits per heavy atom. The molecule has 0 radical (unpaired) electrons. The summed E-state index contributed by atoms with van der Waals surface area (Å²) in [6.07, 6.45) is 0.987. The van der Waals surface area contributed by atoms with Gasteiger partial charge in [0.25, 0.3) is 0 Å². The van der Waals surface area contributed by atoms with E-state index in [1.807, 2.05) is 6.07 Å². The lowest BCUT2D eigenvalue weighted by Gasteiger charge is -2.19. The third-order valence-electron chi connectivity index (χ3n) is 3.39. The zero-order valence-electron chi connectivity index (χ0n) is 9.73. The van der Waals surface area contributed by atoms with Crippen molar-refractivity contribution in [2.75, 3.05) is 20.3 Å². The molecule has 3 heteroatoms. The van der Waals surface area contributed by atoms with E-state index >= 15 is 0 Å². The maximum absolute atomic E-state index is 6.28. The van der Waals surface area contributed by atoms with Gasteiger partial charge in [0.2, 0.25) is 0 Å². The predicted octanol–water partition coefficient (Wildman–Crippen LogP) is 1.11. The molecule has 3 atom stereocenters. The molecule has 3 nitrogen and oxygen atoms in total. The van der Waals surface area contributed by atoms with Crippen molar-refractivity contribution in [1.82, 2.24) is 5.32 Å². The van der Waals surface area contributed by atoms with Crippen molar-refractivity contribution in [2.45, 2.75) is 24.4 Å². The van der Waals surface area contributed by atoms with E-state index in [1.165, 1.54) is 5.56 Å². The number of nitrogens with two attached hydrogens (primary N) is 1. The first-order chi connectivity index (χ1) is 7.83. The fourth-order valence-corrected chi connectivity index (χ4v) is 2.41. The van der Waals surface area contributed by atoms with Crippen molar-refractivity contribution in [3.63, 3.8) is 0 Å². The zero-order valence-corrected chi connectivity index (χ0v) is 9.73. The monoisotopic (exact) mass is 220 g/mol. The van der Waals surface area contributed by atoms with Crippen molar-refractivity contribution in [1.29, 1.82) is 0 Å². The van der Waals surface area contributed by atoms with E-state index in [4.69, 9.17) is 10.5 Å². The van der Waals surface area contributed by atoms with Gasteiger partial charge in [0.1, 0.15) is 0 Å². The maximum Gasteiger partial charge on any atom is 0.0477 e. The van der Waals surface area contributed by atoms with Crippen LogP contribution in [0.4, 0.5) is 0 Å². The molecule has 1 aromatic carbocycles. The van der Waals surface area contributed by atoms with Crippen molar-refractivity contribution in [3.8, 4) is 0 Å². The Morgan fingerprint density at radius 1 is 1.38 bits per heavy atom. The maximum atomic E-state index is 6.28. The lowest BCUT2D eigenvalue weighted by molar-refractivity contribution is 0.183. The standard InChI is InChI=1S/C13H20N2O/c1-16-8-7-12-13(14)11(9-15-12)10-5-3-2-4-6-10/h2-6,11-13,15H,7-9,14H2,1H3. The first kappa shape index (κ1) is 11.6. The third-order valence-corrected chi connectivity index (χ3v) is 3.39. The third kappa shape index (κ3) is 2.43. The van der Waals surface area contributed by atoms with Crippen molar-refractivity contribution in [3.05, 3.63) is 35.9 Å². The number of hydrogen-bond donors (Lipinski definition) is 2. The van der Waals surface area contributed by atoms with Gasteiger partial charge in [-0.25, -0.2) is 0 Å². The average Bonchev–Trinajstić information content (AvgIpc) is 2.69. The lowest BCUT2D eigenvalue weighted by atomic mass is 9.91. The van der Waals surface area contributed by atoms with Crippen LogP contribution in [0.5, 0.6) is 0 Å². The van der Waals surface area contributed by atoms with Gasteiger partial charge in [-0.1, -0.05) is 30.3 Å². The van der Waals surface area contributed by atoms with E-state index in [-0.39, 0.29) is 6.04 Å². The van der Waals surface area contributed by atoms with Crippen LogP contribution < -0.4 is 11.1 Å². The Morgan fingerprint density at radius 2 is 2.12 bits per heavy atom. The first-order valence-corrected chi connectivity index (χ1v) is 5.86. The summed E-state index contributed by atoms with van der Waals surface area (Å²) in [6, 6.07) is 11.1. The highest BCUT2D eigenvalue weighted by Crippen LogP contribution is 2.25. The van der Waals surface area contributed by atoms with Crippen LogP contribution >= 0.6 is 0 Å². The normalized spacial score (nSPS) is 29.5. The smallest absolute Gasteiger partial charge is 0.0477 e. The largest absolute Gasteiger partial charge is 0.385 e. The van der Waals surface area contributed by atoms with E-state index in [9.17, 15) is 0 Å². The molecule has 0 aromatic heterocycles. The van der Waals surface area contributed by atoms with E-state index in [0.717, 1.165) is 19.6 Å². The summed E-state index contributed by atoms with van der Waals surface area (Å²) in [6.45, 7) is 1.74. The molecule has 16 heavy (non-hydrogen) atoms. The molecular formula is C13H20N2O. The summed E-state index contributed by atoms with van der Waals surface area (Å²) in [5.74, 6) is 0.433. The minimum atomic E-state index is 0.192. The number of nitrogens with one attached hydrogen (secondary N) is 1. The van der Waals surface area contributed by atoms with Gasteiger partial charge in [-0.05, 0) is 12.0 Å². The summed E-state index contributed by atoms with van der Waals surface area (Å²) in [5, 5.41) is 3.48. The van der Waals surface area contributed by atoms with Crippen LogP contribution in [0.2, 0.25) is 0 Å². The molecule has 88 valence electrons. The average molecular weight is 220 g/mol. The Labute approximate surface area is 97.0 Å². The van der Waals surface area contributed by atoms with Crippen LogP contribution in [-0.4, -0.2) is 32.3 Å². The lowest BCUT2D eigenvalue weighted by Crippen LogP contribution is -2.38. The molecule has 0 spiro atoms. The highest BCUT2D eigenvalue weighted by atomic mass is 16.5. The molecule has 0 bridgehead atoms. The van der Waals surface area contributed by atoms with Crippen LogP contribution in [0.3, 0.4) is 0 Å². The molecule has 1 aromatic rings. The van der Waals surface area contributed by atoms with Crippen molar-refractivity contribution in [2.24, 2.45) is 5.73 Å². The molecule has 0 aliphatic carbocycles. The van der Waals surface area contributed by atoms with Gasteiger partial charge in [-0.15, -0.1) is 0 Å². The van der Waals surface area contributed by atoms with E-state index in [0.29, 0.717) is 12.0 Å². The second kappa shape index (κ2) is 5.43. The zero-order chi connectivity index (χ0) is 11.4. The summed E-state index contributed by atoms with van der Waals surface area (Å²) in [4.78, 5) is 0. The summed E-state index contributed by atoms with van der Waals surface area (Å²) < 4.78 is 5.10. The van der Waals surface area contributed by atoms with Gasteiger partial charge < -0.3 is 15.8 Å². The quantitative estimate of drug-likeness (QED) is 0.799. The first-order valence-electron chi connectivity index (χ1n) is 5.86. The van der Waals surface area contributed by atoms with Gasteiger partial charge in [-0.3, -0.25) is 0 Å². The van der Waals surface area contributed by atoms with E-state index in [1.54, 1.807) is 7.11 Å². The second-order valence-corrected chi connectivity index (χ2v) is 4.39. The molecule has 3 unspecified atom stereocenters. The number of rotatable bonds is 4. The Kier molecular flexibility index (Phi) is 3.93. The van der Waals surface area contributed by atoms with Crippen LogP contribution in [0.1, 0.15) is 17.9 Å². The molecular weight excluding hydrogens is 200 g/mol. The summed E-state index contributed by atoms with van der Waals surface area (Å²) >= 11 is 0. The van der Waals surface area contributed by atoms with E-state index in [2.05, 4.69) is 29.6 Å². The molecule has 1 aliphatic heterocycles. The molecule has 1 fully saturated rings. The predicted molar refractivity (Wildman–Crippen MR) is 65.4 cm³/mol. The highest BCUT2D eigenvalue weighted by Gasteiger charge is 2.33. The number of methoxy groups -OCH3 is 1. The molecule has 0 amide bonds. The Bertz CT molecular complexity index is 315. The van der Waals surface area contributed by atoms with Crippen molar-refractivity contribution >= 4 is 0 Å². The summed E-state index contributed by atoms with van der Waals surface area (Å²) in [5.41, 5.74) is 7.61. The van der Waals surface area contributed by atoms with Gasteiger partial charge in [0.15, 0.2) is 0 Å². The van der Waals surface area contributed by atoms with Crippen LogP contribution in [-0.2, 0) is 4.74 Å². The molecule has 0 saturated carbocycles. The second-order valence-electron chi connectivity index (χ2n) is 4.39. The minimum Gasteiger partial charge on any atom is -0.385 e. The van der Waals surface area contributed by atoms with Crippen LogP contribution in [0.25, 0.3) is 0 Å². The summed E-state index contributed by atoms with van der Waals surface area (Å²) in [7, 11) is 1.73. The van der Waals surface area contributed by atoms with Gasteiger partial charge >= 0.3 is 0 Å². The molecule has 3 N–H and O–H groups in total. The van der Waals surface area contributed by atoms with E-state index < -0.39 is 0 Å². The van der Waals surface area contributed by atoms with Gasteiger partial charge in [-0.2, -0.15) is 0 Å². The fourth-order valence-electron chi connectivity index (χ4n) is 2.41. The molecule has 1 heterocycles. The number of benzene rings is 1. The molecule has 1 aliphatic rings. The SMILES string of the molecule is COCCC1NCC(c2ccccc2)C1N. The van der Waals surface area contributed by atoms with Gasteiger partial charge in [0, 0.05) is 38.3 Å². The topological polar surface area (TPSA) is 47.3 Å². The molecule has 2 rings (SSSR count). The van der Waals surface area contributed by atoms with Crippen LogP contribution in [0, 0.1) is 0 Å². The number of hydrogen-bond acceptors (Lipinski definition) is 3.